The smallest absolute Gasteiger partial charge is 0.435 e. The van der Waals surface area contributed by atoms with Crippen molar-refractivity contribution >= 4 is 11.9 Å². The van der Waals surface area contributed by atoms with E-state index in [0.717, 1.165) is 10.9 Å². The largest absolute Gasteiger partial charge is 0.481 e. The van der Waals surface area contributed by atoms with Crippen molar-refractivity contribution in [2.75, 3.05) is 6.61 Å². The Balaban J connectivity index is 2.41. The molecule has 7 nitrogen and oxygen atoms in total. The van der Waals surface area contributed by atoms with Gasteiger partial charge in [0.05, 0.1) is 5.56 Å². The van der Waals surface area contributed by atoms with Gasteiger partial charge in [-0.05, 0) is 13.0 Å². The highest BCUT2D eigenvalue weighted by Crippen LogP contribution is 2.32. The van der Waals surface area contributed by atoms with E-state index in [1.807, 2.05) is 0 Å². The summed E-state index contributed by atoms with van der Waals surface area (Å²) in [5.74, 6) is -3.73. The lowest BCUT2D eigenvalue weighted by molar-refractivity contribution is -0.151. The van der Waals surface area contributed by atoms with E-state index in [2.05, 4.69) is 10.4 Å². The molecule has 1 aliphatic carbocycles. The van der Waals surface area contributed by atoms with Crippen molar-refractivity contribution in [1.82, 2.24) is 15.1 Å². The van der Waals surface area contributed by atoms with Crippen LogP contribution in [0.1, 0.15) is 23.0 Å². The second-order valence-corrected chi connectivity index (χ2v) is 5.30. The van der Waals surface area contributed by atoms with E-state index in [1.165, 1.54) is 31.4 Å². The number of halogens is 3. The Hall–Kier alpha value is -2.62. The lowest BCUT2D eigenvalue weighted by Gasteiger charge is -2.36. The number of carbonyl (C=O) groups is 2. The summed E-state index contributed by atoms with van der Waals surface area (Å²) in [6.07, 6.45) is 1.55. The quantitative estimate of drug-likeness (QED) is 0.781. The first-order valence-corrected chi connectivity index (χ1v) is 7.27. The molecule has 1 aliphatic rings. The molecule has 1 aromatic heterocycles. The Bertz CT molecular complexity index is 739. The Morgan fingerprint density at radius 3 is 2.68 bits per heavy atom. The number of allylic oxidation sites excluding steroid dienone is 2. The molecule has 10 heteroatoms. The number of aryl methyl sites for hydroxylation is 1. The van der Waals surface area contributed by atoms with Crippen molar-refractivity contribution in [2.45, 2.75) is 18.8 Å². The van der Waals surface area contributed by atoms with Gasteiger partial charge in [-0.2, -0.15) is 18.3 Å². The summed E-state index contributed by atoms with van der Waals surface area (Å²) in [6.45, 7) is 1.60. The topological polar surface area (TPSA) is 93.5 Å². The lowest BCUT2D eigenvalue weighted by Crippen LogP contribution is -2.57. The number of amides is 1. The van der Waals surface area contributed by atoms with Crippen molar-refractivity contribution < 1.29 is 32.6 Å². The van der Waals surface area contributed by atoms with Crippen molar-refractivity contribution in [3.05, 3.63) is 41.8 Å². The van der Waals surface area contributed by atoms with Crippen LogP contribution in [-0.4, -0.2) is 39.1 Å². The molecule has 2 atom stereocenters. The zero-order chi connectivity index (χ0) is 18.8. The maximum absolute atomic E-state index is 13.0. The summed E-state index contributed by atoms with van der Waals surface area (Å²) in [7, 11) is 1.24. The molecule has 0 fully saturated rings. The zero-order valence-electron chi connectivity index (χ0n) is 13.4. The number of rotatable bonds is 5. The van der Waals surface area contributed by atoms with Crippen molar-refractivity contribution in [3.8, 4) is 0 Å². The number of nitrogens with zero attached hydrogens (tertiary/aromatic N) is 2. The molecule has 2 rings (SSSR count). The summed E-state index contributed by atoms with van der Waals surface area (Å²) >= 11 is 0. The minimum absolute atomic E-state index is 0.0292. The molecule has 2 unspecified atom stereocenters. The van der Waals surface area contributed by atoms with Gasteiger partial charge in [-0.15, -0.1) is 0 Å². The zero-order valence-corrected chi connectivity index (χ0v) is 13.4. The first-order valence-electron chi connectivity index (χ1n) is 7.27. The molecule has 0 radical (unpaired) electrons. The molecule has 0 aromatic carbocycles. The van der Waals surface area contributed by atoms with Gasteiger partial charge in [0.2, 0.25) is 0 Å². The highest BCUT2D eigenvalue weighted by molar-refractivity contribution is 5.96. The van der Waals surface area contributed by atoms with Crippen LogP contribution >= 0.6 is 0 Å². The normalized spacial score (nSPS) is 22.8. The molecule has 136 valence electrons. The SMILES string of the molecule is CCOC1(NC(=O)c2cn(C)nc2C(F)(F)F)C=CC=CC1C(=O)O. The van der Waals surface area contributed by atoms with Crippen LogP contribution in [0, 0.1) is 5.92 Å². The third kappa shape index (κ3) is 3.73. The van der Waals surface area contributed by atoms with Crippen molar-refractivity contribution in [2.24, 2.45) is 13.0 Å². The summed E-state index contributed by atoms with van der Waals surface area (Å²) < 4.78 is 45.4. The van der Waals surface area contributed by atoms with Crippen LogP contribution in [0.25, 0.3) is 0 Å². The molecule has 0 spiro atoms. The monoisotopic (exact) mass is 359 g/mol. The second-order valence-electron chi connectivity index (χ2n) is 5.30. The van der Waals surface area contributed by atoms with Gasteiger partial charge in [0.25, 0.3) is 5.91 Å². The molecule has 0 bridgehead atoms. The minimum atomic E-state index is -4.83. The Labute approximate surface area is 140 Å². The third-order valence-corrected chi connectivity index (χ3v) is 3.52. The Morgan fingerprint density at radius 2 is 2.12 bits per heavy atom. The van der Waals surface area contributed by atoms with Gasteiger partial charge in [0, 0.05) is 19.9 Å². The number of hydrogen-bond donors (Lipinski definition) is 2. The Kier molecular flexibility index (Phi) is 5.02. The van der Waals surface area contributed by atoms with E-state index in [1.54, 1.807) is 6.92 Å². The first-order chi connectivity index (χ1) is 11.6. The molecule has 0 saturated heterocycles. The maximum atomic E-state index is 13.0. The first kappa shape index (κ1) is 18.7. The van der Waals surface area contributed by atoms with E-state index in [0.29, 0.717) is 0 Å². The van der Waals surface area contributed by atoms with E-state index in [-0.39, 0.29) is 6.61 Å². The second kappa shape index (κ2) is 6.71. The van der Waals surface area contributed by atoms with Gasteiger partial charge in [0.1, 0.15) is 5.92 Å². The molecule has 1 heterocycles. The van der Waals surface area contributed by atoms with E-state index >= 15 is 0 Å². The summed E-state index contributed by atoms with van der Waals surface area (Å²) in [5.41, 5.74) is -3.88. The Morgan fingerprint density at radius 1 is 1.44 bits per heavy atom. The fraction of sp³-hybridized carbons (Fsp3) is 0.400. The number of aliphatic carboxylic acids is 1. The number of alkyl halides is 3. The number of carbonyl (C=O) groups excluding carboxylic acids is 1. The van der Waals surface area contributed by atoms with E-state index in [4.69, 9.17) is 4.74 Å². The van der Waals surface area contributed by atoms with E-state index in [9.17, 15) is 27.9 Å². The molecule has 2 N–H and O–H groups in total. The summed E-state index contributed by atoms with van der Waals surface area (Å²) in [6, 6.07) is 0. The summed E-state index contributed by atoms with van der Waals surface area (Å²) in [5, 5.41) is 14.9. The maximum Gasteiger partial charge on any atom is 0.435 e. The van der Waals surface area contributed by atoms with Crippen LogP contribution in [0.15, 0.2) is 30.5 Å². The van der Waals surface area contributed by atoms with Gasteiger partial charge in [0.15, 0.2) is 11.4 Å². The number of nitrogens with one attached hydrogen (secondary N) is 1. The molecule has 1 amide bonds. The van der Waals surface area contributed by atoms with Crippen LogP contribution in [0.2, 0.25) is 0 Å². The number of aromatic nitrogens is 2. The van der Waals surface area contributed by atoms with Crippen LogP contribution in [0.3, 0.4) is 0 Å². The van der Waals surface area contributed by atoms with Crippen LogP contribution in [0.4, 0.5) is 13.2 Å². The van der Waals surface area contributed by atoms with Gasteiger partial charge < -0.3 is 15.2 Å². The number of hydrogen-bond acceptors (Lipinski definition) is 4. The lowest BCUT2D eigenvalue weighted by atomic mass is 9.90. The molecule has 0 saturated carbocycles. The van der Waals surface area contributed by atoms with Crippen molar-refractivity contribution in [3.63, 3.8) is 0 Å². The minimum Gasteiger partial charge on any atom is -0.481 e. The fourth-order valence-electron chi connectivity index (χ4n) is 2.53. The van der Waals surface area contributed by atoms with Gasteiger partial charge in [-0.1, -0.05) is 18.2 Å². The van der Waals surface area contributed by atoms with Gasteiger partial charge in [-0.3, -0.25) is 14.3 Å². The highest BCUT2D eigenvalue weighted by Gasteiger charge is 2.45. The molecule has 0 aliphatic heterocycles. The van der Waals surface area contributed by atoms with Gasteiger partial charge >= 0.3 is 12.1 Å². The van der Waals surface area contributed by atoms with Crippen LogP contribution in [0.5, 0.6) is 0 Å². The van der Waals surface area contributed by atoms with Gasteiger partial charge in [-0.25, -0.2) is 0 Å². The molecule has 1 aromatic rings. The molecular formula is C15H16F3N3O4. The predicted molar refractivity (Wildman–Crippen MR) is 79.4 cm³/mol. The number of ether oxygens (including phenoxy) is 1. The van der Waals surface area contributed by atoms with Crippen LogP contribution in [-0.2, 0) is 22.8 Å². The highest BCUT2D eigenvalue weighted by atomic mass is 19.4. The van der Waals surface area contributed by atoms with Crippen LogP contribution < -0.4 is 5.32 Å². The predicted octanol–water partition coefficient (Wildman–Crippen LogP) is 1.73. The average Bonchev–Trinajstić information content (AvgIpc) is 2.90. The standard InChI is InChI=1S/C15H16F3N3O4/c1-3-25-14(7-5-4-6-10(14)13(23)24)19-12(22)9-8-21(2)20-11(9)15(16,17)18/h4-8,10H,3H2,1-2H3,(H,19,22)(H,23,24). The fourth-order valence-corrected chi connectivity index (χ4v) is 2.53. The number of carboxylic acids is 1. The molecule has 25 heavy (non-hydrogen) atoms. The molecular weight excluding hydrogens is 343 g/mol. The van der Waals surface area contributed by atoms with E-state index < -0.39 is 41.0 Å². The average molecular weight is 359 g/mol. The third-order valence-electron chi connectivity index (χ3n) is 3.52. The summed E-state index contributed by atoms with van der Waals surface area (Å²) in [4.78, 5) is 23.9. The number of carboxylic acid groups (broad SMARTS) is 1. The van der Waals surface area contributed by atoms with Crippen molar-refractivity contribution in [1.29, 1.82) is 0 Å².